The molecular formula is C14H19BrN2O2. The summed E-state index contributed by atoms with van der Waals surface area (Å²) in [6, 6.07) is 7.59. The Kier molecular flexibility index (Phi) is 5.22. The fourth-order valence-electron chi connectivity index (χ4n) is 2.25. The maximum absolute atomic E-state index is 12.3. The van der Waals surface area contributed by atoms with E-state index in [1.165, 1.54) is 0 Å². The molecule has 1 heterocycles. The molecule has 0 spiro atoms. The van der Waals surface area contributed by atoms with Crippen molar-refractivity contribution in [1.29, 1.82) is 0 Å². The van der Waals surface area contributed by atoms with Crippen LogP contribution < -0.4 is 10.1 Å². The predicted molar refractivity (Wildman–Crippen MR) is 78.8 cm³/mol. The summed E-state index contributed by atoms with van der Waals surface area (Å²) in [7, 11) is 2.11. The molecule has 1 aliphatic rings. The van der Waals surface area contributed by atoms with Gasteiger partial charge >= 0.3 is 0 Å². The van der Waals surface area contributed by atoms with Gasteiger partial charge in [0.25, 0.3) is 5.91 Å². The minimum atomic E-state index is -0.0499. The van der Waals surface area contributed by atoms with Gasteiger partial charge in [0.2, 0.25) is 0 Å². The van der Waals surface area contributed by atoms with Gasteiger partial charge in [0.1, 0.15) is 11.3 Å². The van der Waals surface area contributed by atoms with E-state index in [4.69, 9.17) is 4.74 Å². The third-order valence-corrected chi connectivity index (χ3v) is 3.62. The summed E-state index contributed by atoms with van der Waals surface area (Å²) in [6.45, 7) is 2.06. The first-order chi connectivity index (χ1) is 9.20. The van der Waals surface area contributed by atoms with E-state index < -0.39 is 0 Å². The lowest BCUT2D eigenvalue weighted by Gasteiger charge is -2.29. The summed E-state index contributed by atoms with van der Waals surface area (Å²) in [5.74, 6) is 0.566. The number of ether oxygens (including phenoxy) is 1. The van der Waals surface area contributed by atoms with Crippen LogP contribution in [-0.4, -0.2) is 42.5 Å². The average Bonchev–Trinajstić information content (AvgIpc) is 2.42. The zero-order valence-electron chi connectivity index (χ0n) is 11.1. The van der Waals surface area contributed by atoms with Gasteiger partial charge in [0, 0.05) is 6.04 Å². The highest BCUT2D eigenvalue weighted by Gasteiger charge is 2.20. The van der Waals surface area contributed by atoms with Gasteiger partial charge in [0.05, 0.1) is 5.56 Å². The first kappa shape index (κ1) is 14.3. The van der Waals surface area contributed by atoms with E-state index in [1.807, 2.05) is 18.2 Å². The largest absolute Gasteiger partial charge is 0.482 e. The van der Waals surface area contributed by atoms with Gasteiger partial charge in [-0.3, -0.25) is 4.79 Å². The van der Waals surface area contributed by atoms with Crippen molar-refractivity contribution < 1.29 is 9.53 Å². The Labute approximate surface area is 122 Å². The maximum Gasteiger partial charge on any atom is 0.255 e. The summed E-state index contributed by atoms with van der Waals surface area (Å²) in [6.07, 6.45) is 2.01. The van der Waals surface area contributed by atoms with Crippen molar-refractivity contribution in [3.8, 4) is 5.75 Å². The number of likely N-dealkylation sites (tertiary alicyclic amines) is 1. The molecule has 1 N–H and O–H groups in total. The maximum atomic E-state index is 12.3. The molecule has 104 valence electrons. The molecule has 5 heteroatoms. The third kappa shape index (κ3) is 3.94. The number of hydrogen-bond acceptors (Lipinski definition) is 3. The second-order valence-electron chi connectivity index (χ2n) is 4.80. The molecule has 1 aliphatic heterocycles. The van der Waals surface area contributed by atoms with Gasteiger partial charge in [-0.25, -0.2) is 0 Å². The molecule has 0 aromatic heterocycles. The predicted octanol–water partition coefficient (Wildman–Crippen LogP) is 2.24. The number of alkyl halides is 1. The molecule has 4 nitrogen and oxygen atoms in total. The highest BCUT2D eigenvalue weighted by molar-refractivity contribution is 9.09. The molecule has 1 aromatic carbocycles. The smallest absolute Gasteiger partial charge is 0.255 e. The van der Waals surface area contributed by atoms with Crippen molar-refractivity contribution in [2.75, 3.05) is 25.7 Å². The van der Waals surface area contributed by atoms with E-state index in [0.29, 0.717) is 16.8 Å². The van der Waals surface area contributed by atoms with Crippen molar-refractivity contribution in [3.05, 3.63) is 29.8 Å². The number of piperidine rings is 1. The van der Waals surface area contributed by atoms with Crippen LogP contribution in [0.5, 0.6) is 5.75 Å². The quantitative estimate of drug-likeness (QED) is 0.863. The van der Waals surface area contributed by atoms with Gasteiger partial charge in [-0.15, -0.1) is 0 Å². The zero-order chi connectivity index (χ0) is 13.7. The van der Waals surface area contributed by atoms with E-state index in [1.54, 1.807) is 6.07 Å². The molecule has 0 radical (unpaired) electrons. The number of rotatable bonds is 4. The second-order valence-corrected chi connectivity index (χ2v) is 5.26. The molecule has 19 heavy (non-hydrogen) atoms. The topological polar surface area (TPSA) is 41.6 Å². The van der Waals surface area contributed by atoms with Crippen LogP contribution in [0.1, 0.15) is 23.2 Å². The average molecular weight is 327 g/mol. The van der Waals surface area contributed by atoms with Gasteiger partial charge in [-0.05, 0) is 61.0 Å². The number of hydrogen-bond donors (Lipinski definition) is 1. The third-order valence-electron chi connectivity index (χ3n) is 3.40. The van der Waals surface area contributed by atoms with E-state index in [-0.39, 0.29) is 11.9 Å². The first-order valence-corrected chi connectivity index (χ1v) is 7.60. The van der Waals surface area contributed by atoms with Crippen LogP contribution in [0, 0.1) is 0 Å². The molecular weight excluding hydrogens is 308 g/mol. The molecule has 0 bridgehead atoms. The molecule has 1 amide bonds. The summed E-state index contributed by atoms with van der Waals surface area (Å²) in [5, 5.41) is 3.09. The number of para-hydroxylation sites is 1. The van der Waals surface area contributed by atoms with Crippen LogP contribution in [-0.2, 0) is 0 Å². The monoisotopic (exact) mass is 326 g/mol. The Morgan fingerprint density at radius 2 is 2.11 bits per heavy atom. The lowest BCUT2D eigenvalue weighted by molar-refractivity contribution is 0.0913. The first-order valence-electron chi connectivity index (χ1n) is 6.48. The molecule has 0 unspecified atom stereocenters. The van der Waals surface area contributed by atoms with Crippen LogP contribution in [0.25, 0.3) is 0 Å². The minimum Gasteiger partial charge on any atom is -0.482 e. The van der Waals surface area contributed by atoms with E-state index in [2.05, 4.69) is 33.2 Å². The van der Waals surface area contributed by atoms with E-state index >= 15 is 0 Å². The molecule has 1 saturated heterocycles. The highest BCUT2D eigenvalue weighted by atomic mass is 79.9. The van der Waals surface area contributed by atoms with E-state index in [0.717, 1.165) is 25.9 Å². The van der Waals surface area contributed by atoms with Crippen molar-refractivity contribution in [1.82, 2.24) is 10.2 Å². The van der Waals surface area contributed by atoms with Gasteiger partial charge in [-0.2, -0.15) is 0 Å². The van der Waals surface area contributed by atoms with Crippen LogP contribution in [0.2, 0.25) is 0 Å². The van der Waals surface area contributed by atoms with Crippen molar-refractivity contribution in [2.45, 2.75) is 18.9 Å². The number of benzene rings is 1. The molecule has 0 atom stereocenters. The van der Waals surface area contributed by atoms with Crippen molar-refractivity contribution in [3.63, 3.8) is 0 Å². The molecule has 2 rings (SSSR count). The Morgan fingerprint density at radius 3 is 2.79 bits per heavy atom. The lowest BCUT2D eigenvalue weighted by atomic mass is 10.0. The van der Waals surface area contributed by atoms with Crippen molar-refractivity contribution in [2.24, 2.45) is 0 Å². The van der Waals surface area contributed by atoms with Gasteiger partial charge in [-0.1, -0.05) is 12.1 Å². The standard InChI is InChI=1S/C14H19BrN2O2/c1-17-8-6-11(7-9-17)16-14(18)12-4-2-3-5-13(12)19-10-15/h2-5,11H,6-10H2,1H3,(H,16,18). The molecule has 0 aliphatic carbocycles. The Bertz CT molecular complexity index is 431. The summed E-state index contributed by atoms with van der Waals surface area (Å²) >= 11 is 3.22. The molecule has 1 aromatic rings. The lowest BCUT2D eigenvalue weighted by Crippen LogP contribution is -2.43. The van der Waals surface area contributed by atoms with Crippen LogP contribution in [0.4, 0.5) is 0 Å². The van der Waals surface area contributed by atoms with E-state index in [9.17, 15) is 4.79 Å². The number of amides is 1. The Morgan fingerprint density at radius 1 is 1.42 bits per heavy atom. The van der Waals surface area contributed by atoms with Gasteiger partial charge < -0.3 is 15.0 Å². The number of carbonyl (C=O) groups is 1. The summed E-state index contributed by atoms with van der Waals surface area (Å²) < 4.78 is 5.41. The number of nitrogens with zero attached hydrogens (tertiary/aromatic N) is 1. The minimum absolute atomic E-state index is 0.0499. The summed E-state index contributed by atoms with van der Waals surface area (Å²) in [5.41, 5.74) is 0.979. The Balaban J connectivity index is 1.99. The molecule has 1 fully saturated rings. The van der Waals surface area contributed by atoms with Gasteiger partial charge in [0.15, 0.2) is 0 Å². The summed E-state index contributed by atoms with van der Waals surface area (Å²) in [4.78, 5) is 14.6. The number of halogens is 1. The SMILES string of the molecule is CN1CCC(NC(=O)c2ccccc2OCBr)CC1. The molecule has 0 saturated carbocycles. The van der Waals surface area contributed by atoms with Crippen LogP contribution in [0.15, 0.2) is 24.3 Å². The second kappa shape index (κ2) is 6.91. The van der Waals surface area contributed by atoms with Crippen LogP contribution >= 0.6 is 15.9 Å². The normalized spacial score (nSPS) is 17.2. The highest BCUT2D eigenvalue weighted by Crippen LogP contribution is 2.19. The fourth-order valence-corrected chi connectivity index (χ4v) is 2.50. The Hall–Kier alpha value is -1.07. The number of nitrogens with one attached hydrogen (secondary N) is 1. The van der Waals surface area contributed by atoms with Crippen molar-refractivity contribution >= 4 is 21.8 Å². The zero-order valence-corrected chi connectivity index (χ0v) is 12.6. The fraction of sp³-hybridized carbons (Fsp3) is 0.500. The van der Waals surface area contributed by atoms with Crippen LogP contribution in [0.3, 0.4) is 0 Å². The number of carbonyl (C=O) groups excluding carboxylic acids is 1.